The first-order valence-corrected chi connectivity index (χ1v) is 6.32. The first-order valence-electron chi connectivity index (χ1n) is 6.32. The average Bonchev–Trinajstić information content (AvgIpc) is 2.72. The van der Waals surface area contributed by atoms with Crippen molar-refractivity contribution < 1.29 is 5.11 Å². The Labute approximate surface area is 103 Å². The molecular weight excluding hydrogens is 212 g/mol. The van der Waals surface area contributed by atoms with Crippen molar-refractivity contribution in [3.05, 3.63) is 29.8 Å². The van der Waals surface area contributed by atoms with Crippen LogP contribution < -0.4 is 5.32 Å². The standard InChI is InChI=1S/C14H22N2O/c1-15-9-14(12-6-7-16(2)10-12)11-4-3-5-13(17)8-11/h3-5,8,12,14-15,17H,6-7,9-10H2,1-2H3. The number of hydrogen-bond acceptors (Lipinski definition) is 3. The molecule has 0 bridgehead atoms. The highest BCUT2D eigenvalue weighted by Crippen LogP contribution is 2.32. The van der Waals surface area contributed by atoms with E-state index in [0.29, 0.717) is 17.6 Å². The number of likely N-dealkylation sites (tertiary alicyclic amines) is 1. The molecule has 0 saturated carbocycles. The van der Waals surface area contributed by atoms with E-state index >= 15 is 0 Å². The lowest BCUT2D eigenvalue weighted by molar-refractivity contribution is 0.365. The number of rotatable bonds is 4. The molecule has 3 nitrogen and oxygen atoms in total. The van der Waals surface area contributed by atoms with Gasteiger partial charge in [0.05, 0.1) is 0 Å². The normalized spacial score (nSPS) is 22.8. The first kappa shape index (κ1) is 12.4. The predicted molar refractivity (Wildman–Crippen MR) is 70.4 cm³/mol. The molecule has 17 heavy (non-hydrogen) atoms. The van der Waals surface area contributed by atoms with Crippen molar-refractivity contribution in [3.63, 3.8) is 0 Å². The molecule has 0 aliphatic carbocycles. The first-order chi connectivity index (χ1) is 8.20. The van der Waals surface area contributed by atoms with Crippen molar-refractivity contribution in [1.82, 2.24) is 10.2 Å². The van der Waals surface area contributed by atoms with Crippen molar-refractivity contribution in [1.29, 1.82) is 0 Å². The van der Waals surface area contributed by atoms with Crippen LogP contribution in [0.25, 0.3) is 0 Å². The Balaban J connectivity index is 2.16. The number of benzene rings is 1. The van der Waals surface area contributed by atoms with Gasteiger partial charge >= 0.3 is 0 Å². The summed E-state index contributed by atoms with van der Waals surface area (Å²) < 4.78 is 0. The lowest BCUT2D eigenvalue weighted by Gasteiger charge is -2.24. The van der Waals surface area contributed by atoms with E-state index in [0.717, 1.165) is 13.1 Å². The molecule has 1 aliphatic rings. The fourth-order valence-corrected chi connectivity index (χ4v) is 2.83. The van der Waals surface area contributed by atoms with Crippen LogP contribution in [0, 0.1) is 5.92 Å². The molecular formula is C14H22N2O. The number of hydrogen-bond donors (Lipinski definition) is 2. The molecule has 0 amide bonds. The Morgan fingerprint density at radius 3 is 2.94 bits per heavy atom. The summed E-state index contributed by atoms with van der Waals surface area (Å²) in [4.78, 5) is 2.39. The van der Waals surface area contributed by atoms with E-state index in [2.05, 4.69) is 23.3 Å². The summed E-state index contributed by atoms with van der Waals surface area (Å²) in [6.45, 7) is 3.31. The third kappa shape index (κ3) is 2.99. The fourth-order valence-electron chi connectivity index (χ4n) is 2.83. The molecule has 1 aromatic rings. The van der Waals surface area contributed by atoms with Crippen molar-refractivity contribution >= 4 is 0 Å². The number of aromatic hydroxyl groups is 1. The summed E-state index contributed by atoms with van der Waals surface area (Å²) in [5.74, 6) is 1.56. The molecule has 1 aromatic carbocycles. The Morgan fingerprint density at radius 2 is 2.35 bits per heavy atom. The molecule has 0 spiro atoms. The van der Waals surface area contributed by atoms with E-state index in [1.807, 2.05) is 19.2 Å². The van der Waals surface area contributed by atoms with Gasteiger partial charge in [-0.05, 0) is 50.7 Å². The van der Waals surface area contributed by atoms with Crippen LogP contribution in [0.15, 0.2) is 24.3 Å². The Kier molecular flexibility index (Phi) is 4.02. The maximum absolute atomic E-state index is 9.59. The van der Waals surface area contributed by atoms with Gasteiger partial charge in [0.15, 0.2) is 0 Å². The van der Waals surface area contributed by atoms with E-state index in [9.17, 15) is 5.11 Å². The molecule has 94 valence electrons. The third-order valence-corrected chi connectivity index (χ3v) is 3.72. The predicted octanol–water partition coefficient (Wildman–Crippen LogP) is 1.65. The lowest BCUT2D eigenvalue weighted by Crippen LogP contribution is -2.26. The van der Waals surface area contributed by atoms with E-state index in [1.165, 1.54) is 18.5 Å². The number of phenols is 1. The van der Waals surface area contributed by atoms with Crippen LogP contribution in [0.2, 0.25) is 0 Å². The summed E-state index contributed by atoms with van der Waals surface area (Å²) in [5.41, 5.74) is 1.25. The second-order valence-electron chi connectivity index (χ2n) is 5.07. The summed E-state index contributed by atoms with van der Waals surface area (Å²) in [5, 5.41) is 12.9. The van der Waals surface area contributed by atoms with Gasteiger partial charge in [-0.15, -0.1) is 0 Å². The Bertz CT molecular complexity index is 367. The molecule has 1 aliphatic heterocycles. The largest absolute Gasteiger partial charge is 0.508 e. The zero-order valence-corrected chi connectivity index (χ0v) is 10.7. The lowest BCUT2D eigenvalue weighted by atomic mass is 9.85. The van der Waals surface area contributed by atoms with Gasteiger partial charge in [-0.3, -0.25) is 0 Å². The summed E-state index contributed by atoms with van der Waals surface area (Å²) in [6.07, 6.45) is 1.25. The van der Waals surface area contributed by atoms with Gasteiger partial charge < -0.3 is 15.3 Å². The van der Waals surface area contributed by atoms with Crippen molar-refractivity contribution in [2.75, 3.05) is 33.7 Å². The number of nitrogens with one attached hydrogen (secondary N) is 1. The Hall–Kier alpha value is -1.06. The minimum atomic E-state index is 0.370. The molecule has 2 unspecified atom stereocenters. The molecule has 1 heterocycles. The van der Waals surface area contributed by atoms with Crippen LogP contribution in [0.1, 0.15) is 17.9 Å². The van der Waals surface area contributed by atoms with E-state index in [-0.39, 0.29) is 0 Å². The quantitative estimate of drug-likeness (QED) is 0.831. The minimum Gasteiger partial charge on any atom is -0.508 e. The molecule has 1 fully saturated rings. The maximum atomic E-state index is 9.59. The average molecular weight is 234 g/mol. The van der Waals surface area contributed by atoms with Crippen molar-refractivity contribution in [2.45, 2.75) is 12.3 Å². The third-order valence-electron chi connectivity index (χ3n) is 3.72. The van der Waals surface area contributed by atoms with Crippen LogP contribution in [0.5, 0.6) is 5.75 Å². The van der Waals surface area contributed by atoms with Gasteiger partial charge in [0.1, 0.15) is 5.75 Å². The highest BCUT2D eigenvalue weighted by atomic mass is 16.3. The van der Waals surface area contributed by atoms with Gasteiger partial charge in [-0.2, -0.15) is 0 Å². The van der Waals surface area contributed by atoms with Crippen molar-refractivity contribution in [2.24, 2.45) is 5.92 Å². The highest BCUT2D eigenvalue weighted by Gasteiger charge is 2.28. The van der Waals surface area contributed by atoms with Gasteiger partial charge in [0, 0.05) is 19.0 Å². The summed E-state index contributed by atoms with van der Waals surface area (Å²) in [6, 6.07) is 7.70. The van der Waals surface area contributed by atoms with Crippen LogP contribution in [0.4, 0.5) is 0 Å². The molecule has 3 heteroatoms. The molecule has 2 rings (SSSR count). The van der Waals surface area contributed by atoms with Gasteiger partial charge in [0.25, 0.3) is 0 Å². The molecule has 2 N–H and O–H groups in total. The molecule has 1 saturated heterocycles. The van der Waals surface area contributed by atoms with Crippen molar-refractivity contribution in [3.8, 4) is 5.75 Å². The van der Waals surface area contributed by atoms with E-state index < -0.39 is 0 Å². The highest BCUT2D eigenvalue weighted by molar-refractivity contribution is 5.30. The van der Waals surface area contributed by atoms with Crippen LogP contribution in [-0.4, -0.2) is 43.7 Å². The monoisotopic (exact) mass is 234 g/mol. The van der Waals surface area contributed by atoms with Crippen LogP contribution >= 0.6 is 0 Å². The second-order valence-corrected chi connectivity index (χ2v) is 5.07. The number of likely N-dealkylation sites (N-methyl/N-ethyl adjacent to an activating group) is 1. The molecule has 0 aromatic heterocycles. The van der Waals surface area contributed by atoms with E-state index in [1.54, 1.807) is 6.07 Å². The zero-order valence-electron chi connectivity index (χ0n) is 10.7. The smallest absolute Gasteiger partial charge is 0.115 e. The maximum Gasteiger partial charge on any atom is 0.115 e. The zero-order chi connectivity index (χ0) is 12.3. The van der Waals surface area contributed by atoms with Gasteiger partial charge in [-0.1, -0.05) is 12.1 Å². The molecule has 0 radical (unpaired) electrons. The van der Waals surface area contributed by atoms with E-state index in [4.69, 9.17) is 0 Å². The molecule has 2 atom stereocenters. The van der Waals surface area contributed by atoms with Gasteiger partial charge in [-0.25, -0.2) is 0 Å². The van der Waals surface area contributed by atoms with Gasteiger partial charge in [0.2, 0.25) is 0 Å². The number of phenolic OH excluding ortho intramolecular Hbond substituents is 1. The second kappa shape index (κ2) is 5.52. The SMILES string of the molecule is CNCC(c1cccc(O)c1)C1CCN(C)C1. The Morgan fingerprint density at radius 1 is 1.53 bits per heavy atom. The number of nitrogens with zero attached hydrogens (tertiary/aromatic N) is 1. The summed E-state index contributed by atoms with van der Waals surface area (Å²) in [7, 11) is 4.17. The van der Waals surface area contributed by atoms with Crippen LogP contribution in [-0.2, 0) is 0 Å². The topological polar surface area (TPSA) is 35.5 Å². The fraction of sp³-hybridized carbons (Fsp3) is 0.571. The minimum absolute atomic E-state index is 0.370. The van der Waals surface area contributed by atoms with Crippen LogP contribution in [0.3, 0.4) is 0 Å². The summed E-state index contributed by atoms with van der Waals surface area (Å²) >= 11 is 0.